The van der Waals surface area contributed by atoms with Crippen LogP contribution in [0.5, 0.6) is 0 Å². The third kappa shape index (κ3) is 3.31. The first-order chi connectivity index (χ1) is 11.5. The number of amides is 1. The van der Waals surface area contributed by atoms with Crippen molar-refractivity contribution in [3.63, 3.8) is 0 Å². The van der Waals surface area contributed by atoms with Crippen molar-refractivity contribution in [3.8, 4) is 0 Å². The van der Waals surface area contributed by atoms with Gasteiger partial charge in [-0.2, -0.15) is 0 Å². The SMILES string of the molecule is C=C(C)C(C(=O)OC)N1C(=O)CC1SSc1nc2ccccc2s1. The first-order valence-corrected chi connectivity index (χ1v) is 10.3. The van der Waals surface area contributed by atoms with Crippen LogP contribution < -0.4 is 0 Å². The monoisotopic (exact) mass is 380 g/mol. The fourth-order valence-corrected chi connectivity index (χ4v) is 6.25. The number of fused-ring (bicyclic) bond motifs is 1. The molecule has 1 aromatic carbocycles. The number of carbonyl (C=O) groups excluding carboxylic acids is 2. The summed E-state index contributed by atoms with van der Waals surface area (Å²) in [5.74, 6) is -0.512. The van der Waals surface area contributed by atoms with Gasteiger partial charge in [-0.1, -0.05) is 29.5 Å². The summed E-state index contributed by atoms with van der Waals surface area (Å²) < 4.78 is 6.88. The zero-order chi connectivity index (χ0) is 17.3. The zero-order valence-corrected chi connectivity index (χ0v) is 15.7. The number of hydrogen-bond donors (Lipinski definition) is 0. The third-order valence-electron chi connectivity index (χ3n) is 3.62. The molecule has 5 nitrogen and oxygen atoms in total. The minimum absolute atomic E-state index is 0.0594. The molecule has 1 amide bonds. The lowest BCUT2D eigenvalue weighted by Crippen LogP contribution is -2.58. The van der Waals surface area contributed by atoms with Crippen LogP contribution >= 0.6 is 32.9 Å². The molecule has 126 valence electrons. The van der Waals surface area contributed by atoms with E-state index in [1.807, 2.05) is 24.3 Å². The van der Waals surface area contributed by atoms with Crippen LogP contribution in [0.3, 0.4) is 0 Å². The van der Waals surface area contributed by atoms with Gasteiger partial charge in [-0.15, -0.1) is 11.3 Å². The topological polar surface area (TPSA) is 59.5 Å². The number of carbonyl (C=O) groups is 2. The third-order valence-corrected chi connectivity index (χ3v) is 7.64. The number of aromatic nitrogens is 1. The predicted molar refractivity (Wildman–Crippen MR) is 98.9 cm³/mol. The summed E-state index contributed by atoms with van der Waals surface area (Å²) in [5.41, 5.74) is 1.58. The van der Waals surface area contributed by atoms with E-state index in [4.69, 9.17) is 4.74 Å². The van der Waals surface area contributed by atoms with Gasteiger partial charge in [0.15, 0.2) is 10.4 Å². The molecule has 1 aliphatic rings. The van der Waals surface area contributed by atoms with E-state index >= 15 is 0 Å². The molecule has 1 aliphatic heterocycles. The molecule has 1 fully saturated rings. The fraction of sp³-hybridized carbons (Fsp3) is 0.312. The van der Waals surface area contributed by atoms with Gasteiger partial charge in [0.25, 0.3) is 0 Å². The number of likely N-dealkylation sites (tertiary alicyclic amines) is 1. The second-order valence-corrected chi connectivity index (χ2v) is 9.02. The Labute approximate surface area is 151 Å². The molecule has 0 aliphatic carbocycles. The van der Waals surface area contributed by atoms with Crippen LogP contribution in [0.15, 0.2) is 40.8 Å². The lowest BCUT2D eigenvalue weighted by atomic mass is 10.0. The molecule has 24 heavy (non-hydrogen) atoms. The molecule has 2 aromatic rings. The van der Waals surface area contributed by atoms with E-state index in [1.165, 1.54) is 28.7 Å². The normalized spacial score (nSPS) is 18.3. The Morgan fingerprint density at radius 1 is 1.50 bits per heavy atom. The number of nitrogens with zero attached hydrogens (tertiary/aromatic N) is 2. The van der Waals surface area contributed by atoms with E-state index in [0.717, 1.165) is 14.6 Å². The quantitative estimate of drug-likeness (QED) is 0.329. The summed E-state index contributed by atoms with van der Waals surface area (Å²) >= 11 is 1.62. The zero-order valence-electron chi connectivity index (χ0n) is 13.2. The summed E-state index contributed by atoms with van der Waals surface area (Å²) in [6.45, 7) is 5.55. The summed E-state index contributed by atoms with van der Waals surface area (Å²) in [6, 6.07) is 7.25. The Morgan fingerprint density at radius 2 is 2.25 bits per heavy atom. The van der Waals surface area contributed by atoms with Gasteiger partial charge in [-0.25, -0.2) is 9.78 Å². The highest BCUT2D eigenvalue weighted by molar-refractivity contribution is 8.77. The number of hydrogen-bond acceptors (Lipinski definition) is 7. The molecular weight excluding hydrogens is 364 g/mol. The minimum Gasteiger partial charge on any atom is -0.467 e. The number of ether oxygens (including phenoxy) is 1. The van der Waals surface area contributed by atoms with Crippen LogP contribution in [-0.2, 0) is 14.3 Å². The van der Waals surface area contributed by atoms with Crippen molar-refractivity contribution in [1.29, 1.82) is 0 Å². The summed E-state index contributed by atoms with van der Waals surface area (Å²) in [5, 5.41) is -0.0877. The maximum atomic E-state index is 12.0. The second kappa shape index (κ2) is 7.16. The van der Waals surface area contributed by atoms with Gasteiger partial charge in [0.1, 0.15) is 0 Å². The van der Waals surface area contributed by atoms with E-state index in [1.54, 1.807) is 23.2 Å². The summed E-state index contributed by atoms with van der Waals surface area (Å²) in [7, 11) is 4.39. The van der Waals surface area contributed by atoms with Gasteiger partial charge >= 0.3 is 5.97 Å². The molecule has 1 aromatic heterocycles. The van der Waals surface area contributed by atoms with Gasteiger partial charge in [-0.05, 0) is 35.4 Å². The van der Waals surface area contributed by atoms with Crippen LogP contribution in [0.1, 0.15) is 13.3 Å². The Kier molecular flexibility index (Phi) is 5.17. The molecule has 3 rings (SSSR count). The maximum Gasteiger partial charge on any atom is 0.332 e. The smallest absolute Gasteiger partial charge is 0.332 e. The van der Waals surface area contributed by atoms with Crippen molar-refractivity contribution in [3.05, 3.63) is 36.4 Å². The van der Waals surface area contributed by atoms with Gasteiger partial charge < -0.3 is 9.64 Å². The number of para-hydroxylation sites is 1. The number of benzene rings is 1. The van der Waals surface area contributed by atoms with Crippen molar-refractivity contribution in [2.75, 3.05) is 7.11 Å². The van der Waals surface area contributed by atoms with Gasteiger partial charge in [0, 0.05) is 0 Å². The second-order valence-electron chi connectivity index (χ2n) is 5.36. The number of methoxy groups -OCH3 is 1. The largest absolute Gasteiger partial charge is 0.467 e. The molecular formula is C16H16N2O3S3. The van der Waals surface area contributed by atoms with E-state index in [-0.39, 0.29) is 11.3 Å². The standard InChI is InChI=1S/C16H16N2O3S3/c1-9(2)14(15(20)21-3)18-12(19)8-13(18)23-24-16-17-10-6-4-5-7-11(10)22-16/h4-7,13-14H,1,8H2,2-3H3. The average Bonchev–Trinajstić information content (AvgIpc) is 2.97. The number of β-lactam (4-membered cyclic amide) rings is 1. The number of esters is 1. The lowest BCUT2D eigenvalue weighted by molar-refractivity contribution is -0.157. The first kappa shape index (κ1) is 17.3. The van der Waals surface area contributed by atoms with Crippen LogP contribution in [0.25, 0.3) is 10.2 Å². The average molecular weight is 381 g/mol. The number of thiazole rings is 1. The minimum atomic E-state index is -0.718. The fourth-order valence-electron chi connectivity index (χ4n) is 2.44. The molecule has 0 saturated carbocycles. The molecule has 8 heteroatoms. The van der Waals surface area contributed by atoms with Crippen molar-refractivity contribution in [2.24, 2.45) is 0 Å². The molecule has 0 N–H and O–H groups in total. The molecule has 0 bridgehead atoms. The van der Waals surface area contributed by atoms with Gasteiger partial charge in [0.2, 0.25) is 5.91 Å². The Hall–Kier alpha value is -1.51. The van der Waals surface area contributed by atoms with Crippen LogP contribution in [0, 0.1) is 0 Å². The van der Waals surface area contributed by atoms with E-state index in [9.17, 15) is 9.59 Å². The van der Waals surface area contributed by atoms with Crippen molar-refractivity contribution in [1.82, 2.24) is 9.88 Å². The molecule has 0 spiro atoms. The molecule has 2 heterocycles. The van der Waals surface area contributed by atoms with Crippen molar-refractivity contribution >= 4 is 55.0 Å². The van der Waals surface area contributed by atoms with E-state index in [2.05, 4.69) is 11.6 Å². The molecule has 1 saturated heterocycles. The number of rotatable bonds is 6. The highest BCUT2D eigenvalue weighted by atomic mass is 33.1. The van der Waals surface area contributed by atoms with Gasteiger partial charge in [0.05, 0.1) is 29.1 Å². The summed E-state index contributed by atoms with van der Waals surface area (Å²) in [4.78, 5) is 30.1. The van der Waals surface area contributed by atoms with E-state index < -0.39 is 12.0 Å². The predicted octanol–water partition coefficient (Wildman–Crippen LogP) is 3.71. The first-order valence-electron chi connectivity index (χ1n) is 7.24. The van der Waals surface area contributed by atoms with Crippen LogP contribution in [0.2, 0.25) is 0 Å². The Bertz CT molecular complexity index is 772. The molecule has 2 atom stereocenters. The van der Waals surface area contributed by atoms with Crippen LogP contribution in [-0.4, -0.2) is 40.3 Å². The van der Waals surface area contributed by atoms with E-state index in [0.29, 0.717) is 12.0 Å². The Balaban J connectivity index is 1.69. The van der Waals surface area contributed by atoms with Crippen molar-refractivity contribution < 1.29 is 14.3 Å². The highest BCUT2D eigenvalue weighted by Gasteiger charge is 2.45. The Morgan fingerprint density at radius 3 is 2.88 bits per heavy atom. The summed E-state index contributed by atoms with van der Waals surface area (Å²) in [6.07, 6.45) is 0.406. The van der Waals surface area contributed by atoms with Crippen molar-refractivity contribution in [2.45, 2.75) is 29.1 Å². The highest BCUT2D eigenvalue weighted by Crippen LogP contribution is 2.45. The maximum absolute atomic E-state index is 12.0. The van der Waals surface area contributed by atoms with Crippen LogP contribution in [0.4, 0.5) is 0 Å². The van der Waals surface area contributed by atoms with Gasteiger partial charge in [-0.3, -0.25) is 4.79 Å². The molecule has 2 unspecified atom stereocenters. The molecule has 0 radical (unpaired) electrons. The lowest BCUT2D eigenvalue weighted by Gasteiger charge is -2.43.